The molecule has 62 valence electrons. The van der Waals surface area contributed by atoms with E-state index in [1.165, 1.54) is 12.2 Å². The molecule has 1 N–H and O–H groups in total. The van der Waals surface area contributed by atoms with Gasteiger partial charge in [0.25, 0.3) is 0 Å². The minimum atomic E-state index is 0.922. The molecule has 0 amide bonds. The van der Waals surface area contributed by atoms with Crippen LogP contribution in [-0.2, 0) is 0 Å². The van der Waals surface area contributed by atoms with Crippen molar-refractivity contribution >= 4 is 28.2 Å². The van der Waals surface area contributed by atoms with Crippen LogP contribution in [0.3, 0.4) is 0 Å². The Balaban J connectivity index is 2.04. The number of hydrogen-bond donors (Lipinski definition) is 1. The van der Waals surface area contributed by atoms with E-state index in [-0.39, 0.29) is 0 Å². The molecule has 0 atom stereocenters. The van der Waals surface area contributed by atoms with Gasteiger partial charge < -0.3 is 5.32 Å². The molecule has 0 unspecified atom stereocenters. The summed E-state index contributed by atoms with van der Waals surface area (Å²) in [5, 5.41) is 11.7. The Kier molecular flexibility index (Phi) is 4.30. The van der Waals surface area contributed by atoms with E-state index in [2.05, 4.69) is 21.8 Å². The molecule has 1 aromatic heterocycles. The first-order valence-corrected chi connectivity index (χ1v) is 5.70. The molecule has 11 heavy (non-hydrogen) atoms. The minimum Gasteiger partial charge on any atom is -0.360 e. The molecule has 0 aliphatic carbocycles. The van der Waals surface area contributed by atoms with Crippen molar-refractivity contribution in [2.24, 2.45) is 0 Å². The van der Waals surface area contributed by atoms with Gasteiger partial charge in [0.2, 0.25) is 5.13 Å². The highest BCUT2D eigenvalue weighted by atomic mass is 32.2. The molecule has 0 aliphatic heterocycles. The number of aromatic nitrogens is 2. The quantitative estimate of drug-likeness (QED) is 0.715. The van der Waals surface area contributed by atoms with Crippen LogP contribution >= 0.6 is 23.1 Å². The molecule has 5 heteroatoms. The van der Waals surface area contributed by atoms with Gasteiger partial charge in [0.1, 0.15) is 5.51 Å². The lowest BCUT2D eigenvalue weighted by atomic mass is 10.5. The van der Waals surface area contributed by atoms with Gasteiger partial charge in [-0.3, -0.25) is 0 Å². The zero-order valence-corrected chi connectivity index (χ0v) is 8.04. The van der Waals surface area contributed by atoms with Crippen molar-refractivity contribution < 1.29 is 0 Å². The van der Waals surface area contributed by atoms with Crippen LogP contribution in [0.4, 0.5) is 5.13 Å². The molecule has 0 saturated heterocycles. The number of hydrogen-bond acceptors (Lipinski definition) is 5. The summed E-state index contributed by atoms with van der Waals surface area (Å²) < 4.78 is 0. The third-order valence-electron chi connectivity index (χ3n) is 1.16. The molecule has 0 saturated carbocycles. The molecule has 3 nitrogen and oxygen atoms in total. The molecule has 0 aromatic carbocycles. The van der Waals surface area contributed by atoms with Gasteiger partial charge in [-0.05, 0) is 18.4 Å². The predicted octanol–water partition coefficient (Wildman–Crippen LogP) is 1.70. The summed E-state index contributed by atoms with van der Waals surface area (Å²) in [6.07, 6.45) is 3.30. The van der Waals surface area contributed by atoms with Crippen molar-refractivity contribution in [3.63, 3.8) is 0 Å². The molecule has 1 aromatic rings. The van der Waals surface area contributed by atoms with E-state index in [1.54, 1.807) is 16.8 Å². The third kappa shape index (κ3) is 3.57. The van der Waals surface area contributed by atoms with E-state index >= 15 is 0 Å². The Morgan fingerprint density at radius 1 is 1.73 bits per heavy atom. The lowest BCUT2D eigenvalue weighted by Crippen LogP contribution is -2.01. The third-order valence-corrected chi connectivity index (χ3v) is 2.51. The van der Waals surface area contributed by atoms with Crippen LogP contribution in [0.2, 0.25) is 0 Å². The molecule has 1 rings (SSSR count). The highest BCUT2D eigenvalue weighted by Gasteiger charge is 1.92. The first-order chi connectivity index (χ1) is 5.43. The lowest BCUT2D eigenvalue weighted by molar-refractivity contribution is 0.974. The summed E-state index contributed by atoms with van der Waals surface area (Å²) >= 11 is 3.41. The van der Waals surface area contributed by atoms with E-state index < -0.39 is 0 Å². The summed E-state index contributed by atoms with van der Waals surface area (Å²) in [6, 6.07) is 0. The first kappa shape index (κ1) is 8.80. The van der Waals surface area contributed by atoms with Gasteiger partial charge in [-0.1, -0.05) is 11.3 Å². The summed E-state index contributed by atoms with van der Waals surface area (Å²) in [5.41, 5.74) is 1.73. The Hall–Kier alpha value is -0.290. The fourth-order valence-electron chi connectivity index (χ4n) is 0.662. The maximum atomic E-state index is 3.86. The Bertz CT molecular complexity index is 176. The van der Waals surface area contributed by atoms with E-state index in [4.69, 9.17) is 0 Å². The summed E-state index contributed by atoms with van der Waals surface area (Å²) in [7, 11) is 0. The van der Waals surface area contributed by atoms with Gasteiger partial charge in [-0.15, -0.1) is 10.2 Å². The molecule has 1 heterocycles. The van der Waals surface area contributed by atoms with Crippen molar-refractivity contribution in [1.29, 1.82) is 0 Å². The second-order valence-electron chi connectivity index (χ2n) is 2.02. The van der Waals surface area contributed by atoms with E-state index in [1.807, 2.05) is 11.8 Å². The average molecular weight is 189 g/mol. The van der Waals surface area contributed by atoms with Crippen molar-refractivity contribution in [3.8, 4) is 0 Å². The normalized spacial score (nSPS) is 9.91. The van der Waals surface area contributed by atoms with Crippen molar-refractivity contribution in [2.75, 3.05) is 23.9 Å². The van der Waals surface area contributed by atoms with Crippen molar-refractivity contribution in [2.45, 2.75) is 6.42 Å². The highest BCUT2D eigenvalue weighted by molar-refractivity contribution is 7.98. The Morgan fingerprint density at radius 2 is 2.64 bits per heavy atom. The average Bonchev–Trinajstić information content (AvgIpc) is 2.50. The van der Waals surface area contributed by atoms with Crippen LogP contribution in [0.1, 0.15) is 6.42 Å². The van der Waals surface area contributed by atoms with Gasteiger partial charge in [-0.2, -0.15) is 11.8 Å². The largest absolute Gasteiger partial charge is 0.360 e. The Morgan fingerprint density at radius 3 is 3.27 bits per heavy atom. The maximum Gasteiger partial charge on any atom is 0.205 e. The highest BCUT2D eigenvalue weighted by Crippen LogP contribution is 2.07. The number of rotatable bonds is 5. The standard InChI is InChI=1S/C6H11N3S2/c1-10-4-2-3-7-6-9-8-5-11-6/h5H,2-4H2,1H3,(H,7,9). The topological polar surface area (TPSA) is 37.8 Å². The number of anilines is 1. The van der Waals surface area contributed by atoms with Crippen LogP contribution in [0.25, 0.3) is 0 Å². The number of nitrogens with zero attached hydrogens (tertiary/aromatic N) is 2. The lowest BCUT2D eigenvalue weighted by Gasteiger charge is -1.98. The second kappa shape index (κ2) is 5.37. The van der Waals surface area contributed by atoms with Gasteiger partial charge in [0, 0.05) is 6.54 Å². The number of thioether (sulfide) groups is 1. The summed E-state index contributed by atoms with van der Waals surface area (Å²) in [6.45, 7) is 0.996. The summed E-state index contributed by atoms with van der Waals surface area (Å²) in [5.74, 6) is 1.20. The number of nitrogens with one attached hydrogen (secondary N) is 1. The molecule has 0 bridgehead atoms. The first-order valence-electron chi connectivity index (χ1n) is 3.42. The van der Waals surface area contributed by atoms with Crippen LogP contribution < -0.4 is 5.32 Å². The van der Waals surface area contributed by atoms with Crippen LogP contribution in [0.15, 0.2) is 5.51 Å². The predicted molar refractivity (Wildman–Crippen MR) is 51.4 cm³/mol. The SMILES string of the molecule is CSCCCNc1nncs1. The molecule has 0 fully saturated rings. The smallest absolute Gasteiger partial charge is 0.205 e. The van der Waals surface area contributed by atoms with Crippen molar-refractivity contribution in [1.82, 2.24) is 10.2 Å². The molecule has 0 spiro atoms. The van der Waals surface area contributed by atoms with Gasteiger partial charge in [0.15, 0.2) is 0 Å². The van der Waals surface area contributed by atoms with Crippen LogP contribution in [-0.4, -0.2) is 28.8 Å². The molecule has 0 radical (unpaired) electrons. The van der Waals surface area contributed by atoms with Gasteiger partial charge in [-0.25, -0.2) is 0 Å². The van der Waals surface area contributed by atoms with Crippen molar-refractivity contribution in [3.05, 3.63) is 5.51 Å². The fraction of sp³-hybridized carbons (Fsp3) is 0.667. The summed E-state index contributed by atoms with van der Waals surface area (Å²) in [4.78, 5) is 0. The van der Waals surface area contributed by atoms with E-state index in [0.717, 1.165) is 11.7 Å². The Labute approximate surface area is 74.6 Å². The van der Waals surface area contributed by atoms with E-state index in [0.29, 0.717) is 0 Å². The zero-order chi connectivity index (χ0) is 7.94. The van der Waals surface area contributed by atoms with Crippen LogP contribution in [0.5, 0.6) is 0 Å². The monoisotopic (exact) mass is 189 g/mol. The zero-order valence-electron chi connectivity index (χ0n) is 6.41. The second-order valence-corrected chi connectivity index (χ2v) is 3.84. The van der Waals surface area contributed by atoms with E-state index in [9.17, 15) is 0 Å². The molecular weight excluding hydrogens is 178 g/mol. The molecular formula is C6H11N3S2. The van der Waals surface area contributed by atoms with Crippen LogP contribution in [0, 0.1) is 0 Å². The molecule has 0 aliphatic rings. The maximum absolute atomic E-state index is 3.86. The van der Waals surface area contributed by atoms with Gasteiger partial charge >= 0.3 is 0 Å². The van der Waals surface area contributed by atoms with Gasteiger partial charge in [0.05, 0.1) is 0 Å². The fourth-order valence-corrected chi connectivity index (χ4v) is 1.57. The minimum absolute atomic E-state index is 0.922.